The predicted octanol–water partition coefficient (Wildman–Crippen LogP) is 5.47. The van der Waals surface area contributed by atoms with Crippen molar-refractivity contribution in [1.82, 2.24) is 9.88 Å². The number of aromatic nitrogens is 1. The van der Waals surface area contributed by atoms with Crippen LogP contribution in [0.1, 0.15) is 60.3 Å². The number of hydrogen-bond donors (Lipinski definition) is 0. The highest BCUT2D eigenvalue weighted by molar-refractivity contribution is 5.99. The summed E-state index contributed by atoms with van der Waals surface area (Å²) in [7, 11) is 0. The van der Waals surface area contributed by atoms with Gasteiger partial charge in [0, 0.05) is 11.6 Å². The third-order valence-electron chi connectivity index (χ3n) is 7.49. The summed E-state index contributed by atoms with van der Waals surface area (Å²) < 4.78 is 19.1. The second kappa shape index (κ2) is 7.40. The number of rotatable bonds is 2. The van der Waals surface area contributed by atoms with Crippen molar-refractivity contribution in [2.45, 2.75) is 43.6 Å². The lowest BCUT2D eigenvalue weighted by Crippen LogP contribution is -2.44. The van der Waals surface area contributed by atoms with Crippen molar-refractivity contribution in [2.24, 2.45) is 5.92 Å². The van der Waals surface area contributed by atoms with Crippen molar-refractivity contribution in [1.29, 1.82) is 0 Å². The normalized spacial score (nSPS) is 27.2. The Morgan fingerprint density at radius 3 is 2.53 bits per heavy atom. The van der Waals surface area contributed by atoms with E-state index in [9.17, 15) is 14.0 Å². The summed E-state index contributed by atoms with van der Waals surface area (Å²) >= 11 is 0. The van der Waals surface area contributed by atoms with Gasteiger partial charge in [-0.1, -0.05) is 24.3 Å². The largest absolute Gasteiger partial charge is 0.446 e. The molecule has 162 valence electrons. The monoisotopic (exact) mass is 430 g/mol. The molecule has 3 heterocycles. The molecule has 6 rings (SSSR count). The van der Waals surface area contributed by atoms with Gasteiger partial charge in [0.1, 0.15) is 18.5 Å². The zero-order chi connectivity index (χ0) is 21.8. The summed E-state index contributed by atoms with van der Waals surface area (Å²) in [6, 6.07) is 14.4. The van der Waals surface area contributed by atoms with Crippen LogP contribution in [0.3, 0.4) is 0 Å². The molecule has 5 nitrogen and oxygen atoms in total. The average Bonchev–Trinajstić information content (AvgIpc) is 3.21. The molecule has 3 aliphatic rings. The molecule has 2 amide bonds. The molecule has 2 atom stereocenters. The molecule has 0 radical (unpaired) electrons. The predicted molar refractivity (Wildman–Crippen MR) is 117 cm³/mol. The first kappa shape index (κ1) is 19.4. The van der Waals surface area contributed by atoms with E-state index in [1.165, 1.54) is 11.0 Å². The summed E-state index contributed by atoms with van der Waals surface area (Å²) in [6.07, 6.45) is 4.85. The Balaban J connectivity index is 1.29. The molecule has 3 aromatic rings. The van der Waals surface area contributed by atoms with Gasteiger partial charge in [0.2, 0.25) is 5.91 Å². The van der Waals surface area contributed by atoms with Crippen LogP contribution in [0.2, 0.25) is 0 Å². The first-order valence-corrected chi connectivity index (χ1v) is 11.2. The number of amides is 2. The second-order valence-corrected chi connectivity index (χ2v) is 9.08. The molecule has 2 aromatic carbocycles. The lowest BCUT2D eigenvalue weighted by molar-refractivity contribution is -0.133. The molecule has 0 spiro atoms. The Morgan fingerprint density at radius 1 is 0.938 bits per heavy atom. The fraction of sp³-hybridized carbons (Fsp3) is 0.346. The molecular formula is C26H23FN2O3. The Labute approximate surface area is 185 Å². The van der Waals surface area contributed by atoms with Crippen molar-refractivity contribution < 1.29 is 18.7 Å². The van der Waals surface area contributed by atoms with Gasteiger partial charge < -0.3 is 4.74 Å². The van der Waals surface area contributed by atoms with Gasteiger partial charge >= 0.3 is 6.09 Å². The lowest BCUT2D eigenvalue weighted by atomic mass is 9.69. The molecule has 32 heavy (non-hydrogen) atoms. The SMILES string of the molecule is O=C1OC[C@H]2c3ccccc3[C@H]([C@H]3CC[C@@H](c4ccnc5ccc(F)cc54)CC3)C(=O)N12. The zero-order valence-corrected chi connectivity index (χ0v) is 17.5. The summed E-state index contributed by atoms with van der Waals surface area (Å²) in [6.45, 7) is 0.229. The number of hydrogen-bond acceptors (Lipinski definition) is 4. The van der Waals surface area contributed by atoms with E-state index in [4.69, 9.17) is 4.74 Å². The summed E-state index contributed by atoms with van der Waals surface area (Å²) in [5, 5.41) is 0.873. The Hall–Kier alpha value is -3.28. The molecule has 1 aliphatic carbocycles. The minimum Gasteiger partial charge on any atom is -0.446 e. The Morgan fingerprint density at radius 2 is 1.72 bits per heavy atom. The van der Waals surface area contributed by atoms with Gasteiger partial charge in [0.05, 0.1) is 11.4 Å². The second-order valence-electron chi connectivity index (χ2n) is 9.08. The number of nitrogens with zero attached hydrogens (tertiary/aromatic N) is 2. The average molecular weight is 430 g/mol. The third kappa shape index (κ3) is 2.93. The van der Waals surface area contributed by atoms with Gasteiger partial charge in [-0.25, -0.2) is 14.1 Å². The molecule has 0 N–H and O–H groups in total. The van der Waals surface area contributed by atoms with Gasteiger partial charge in [0.25, 0.3) is 0 Å². The number of pyridine rings is 1. The maximum absolute atomic E-state index is 13.9. The van der Waals surface area contributed by atoms with Crippen LogP contribution in [0, 0.1) is 11.7 Å². The van der Waals surface area contributed by atoms with Crippen LogP contribution >= 0.6 is 0 Å². The van der Waals surface area contributed by atoms with Crippen molar-refractivity contribution in [3.05, 3.63) is 77.2 Å². The number of benzene rings is 2. The van der Waals surface area contributed by atoms with Crippen LogP contribution in [0.15, 0.2) is 54.7 Å². The highest BCUT2D eigenvalue weighted by atomic mass is 19.1. The number of imide groups is 1. The quantitative estimate of drug-likeness (QED) is 0.541. The van der Waals surface area contributed by atoms with E-state index in [-0.39, 0.29) is 36.2 Å². The van der Waals surface area contributed by atoms with Gasteiger partial charge in [-0.3, -0.25) is 9.78 Å². The van der Waals surface area contributed by atoms with E-state index < -0.39 is 6.09 Å². The van der Waals surface area contributed by atoms with Gasteiger partial charge in [-0.15, -0.1) is 0 Å². The van der Waals surface area contributed by atoms with Crippen LogP contribution in [0.4, 0.5) is 9.18 Å². The van der Waals surface area contributed by atoms with Crippen LogP contribution in [0.5, 0.6) is 0 Å². The van der Waals surface area contributed by atoms with Crippen molar-refractivity contribution >= 4 is 22.9 Å². The highest BCUT2D eigenvalue weighted by Crippen LogP contribution is 2.49. The molecule has 0 unspecified atom stereocenters. The Bertz CT molecular complexity index is 1230. The maximum Gasteiger partial charge on any atom is 0.417 e. The van der Waals surface area contributed by atoms with E-state index in [1.807, 2.05) is 30.3 Å². The lowest BCUT2D eigenvalue weighted by Gasteiger charge is -2.40. The fourth-order valence-electron chi connectivity index (χ4n) is 5.99. The number of halogens is 1. The first-order valence-electron chi connectivity index (χ1n) is 11.2. The molecule has 6 heteroatoms. The van der Waals surface area contributed by atoms with Crippen molar-refractivity contribution in [2.75, 3.05) is 6.61 Å². The van der Waals surface area contributed by atoms with Gasteiger partial charge in [-0.05, 0) is 78.5 Å². The topological polar surface area (TPSA) is 59.5 Å². The number of fused-ring (bicyclic) bond motifs is 4. The molecule has 1 saturated heterocycles. The number of carbonyl (C=O) groups is 2. The molecule has 1 saturated carbocycles. The van der Waals surface area contributed by atoms with Crippen LogP contribution in [-0.4, -0.2) is 28.5 Å². The maximum atomic E-state index is 13.9. The summed E-state index contributed by atoms with van der Waals surface area (Å²) in [4.78, 5) is 31.4. The number of ether oxygens (including phenoxy) is 1. The number of carbonyl (C=O) groups excluding carboxylic acids is 2. The molecule has 2 aliphatic heterocycles. The van der Waals surface area contributed by atoms with Crippen LogP contribution in [-0.2, 0) is 9.53 Å². The van der Waals surface area contributed by atoms with Gasteiger partial charge in [-0.2, -0.15) is 0 Å². The molecule has 1 aromatic heterocycles. The summed E-state index contributed by atoms with van der Waals surface area (Å²) in [5.41, 5.74) is 4.00. The standard InChI is InChI=1S/C26H23FN2O3/c27-17-9-10-22-21(13-17)18(11-12-28-22)15-5-7-16(8-6-15)24-20-4-2-1-3-19(20)23-14-32-26(31)29(23)25(24)30/h1-4,9-13,15-16,23-24H,5-8,14H2/t15-,16+,23-,24-/m0/s1. The summed E-state index contributed by atoms with van der Waals surface area (Å²) in [5.74, 6) is -0.232. The van der Waals surface area contributed by atoms with Crippen molar-refractivity contribution in [3.63, 3.8) is 0 Å². The van der Waals surface area contributed by atoms with Crippen LogP contribution < -0.4 is 0 Å². The fourth-order valence-corrected chi connectivity index (χ4v) is 5.99. The molecular weight excluding hydrogens is 407 g/mol. The molecule has 2 fully saturated rings. The Kier molecular flexibility index (Phi) is 4.49. The van der Waals surface area contributed by atoms with Crippen molar-refractivity contribution in [3.8, 4) is 0 Å². The zero-order valence-electron chi connectivity index (χ0n) is 17.5. The third-order valence-corrected chi connectivity index (χ3v) is 7.49. The smallest absolute Gasteiger partial charge is 0.417 e. The highest BCUT2D eigenvalue weighted by Gasteiger charge is 2.49. The number of cyclic esters (lactones) is 1. The molecule has 0 bridgehead atoms. The van der Waals surface area contributed by atoms with E-state index >= 15 is 0 Å². The minimum absolute atomic E-state index is 0.129. The van der Waals surface area contributed by atoms with Crippen LogP contribution in [0.25, 0.3) is 10.9 Å². The van der Waals surface area contributed by atoms with E-state index in [0.29, 0.717) is 5.92 Å². The minimum atomic E-state index is -0.529. The van der Waals surface area contributed by atoms with E-state index in [1.54, 1.807) is 18.3 Å². The van der Waals surface area contributed by atoms with E-state index in [0.717, 1.165) is 53.3 Å². The first-order chi connectivity index (χ1) is 15.6. The van der Waals surface area contributed by atoms with Gasteiger partial charge in [0.15, 0.2) is 0 Å². The van der Waals surface area contributed by atoms with E-state index in [2.05, 4.69) is 4.98 Å².